The van der Waals surface area contributed by atoms with Gasteiger partial charge in [-0.3, -0.25) is 0 Å². The summed E-state index contributed by atoms with van der Waals surface area (Å²) in [5.41, 5.74) is 0.912. The first-order valence-corrected chi connectivity index (χ1v) is 10.5. The Labute approximate surface area is 172 Å². The molecule has 1 amide bonds. The van der Waals surface area contributed by atoms with Crippen LogP contribution in [-0.4, -0.2) is 72.9 Å². The molecule has 2 aromatic rings. The normalized spacial score (nSPS) is 15.8. The largest absolute Gasteiger partial charge is 0.490 e. The van der Waals surface area contributed by atoms with Crippen LogP contribution in [0.1, 0.15) is 33.6 Å². The predicted molar refractivity (Wildman–Crippen MR) is 114 cm³/mol. The van der Waals surface area contributed by atoms with Crippen molar-refractivity contribution in [1.29, 1.82) is 0 Å². The number of H-pyrrole nitrogens is 1. The topological polar surface area (TPSA) is 67.0 Å². The zero-order valence-electron chi connectivity index (χ0n) is 17.9. The minimum absolute atomic E-state index is 0.248. The summed E-state index contributed by atoms with van der Waals surface area (Å²) in [7, 11) is 1.62. The Balaban J connectivity index is 1.60. The van der Waals surface area contributed by atoms with Crippen LogP contribution in [0.5, 0.6) is 11.6 Å². The predicted octanol–water partition coefficient (Wildman–Crippen LogP) is 3.89. The van der Waals surface area contributed by atoms with Crippen LogP contribution in [0.3, 0.4) is 0 Å². The minimum Gasteiger partial charge on any atom is -0.490 e. The second-order valence-electron chi connectivity index (χ2n) is 7.77. The molecule has 0 bridgehead atoms. The van der Waals surface area contributed by atoms with E-state index in [4.69, 9.17) is 14.2 Å². The Hall–Kier alpha value is -2.25. The van der Waals surface area contributed by atoms with Gasteiger partial charge in [0, 0.05) is 56.3 Å². The highest BCUT2D eigenvalue weighted by Gasteiger charge is 2.22. The molecular formula is C22H33N3O4. The second kappa shape index (κ2) is 9.98. The molecule has 1 N–H and O–H groups in total. The number of hydrogen-bond acceptors (Lipinski definition) is 5. The van der Waals surface area contributed by atoms with Crippen molar-refractivity contribution in [2.45, 2.75) is 45.8 Å². The molecular weight excluding hydrogens is 370 g/mol. The van der Waals surface area contributed by atoms with Gasteiger partial charge >= 0.3 is 6.09 Å². The average Bonchev–Trinajstić information content (AvgIpc) is 3.10. The van der Waals surface area contributed by atoms with E-state index in [1.165, 1.54) is 0 Å². The van der Waals surface area contributed by atoms with Crippen LogP contribution < -0.4 is 9.47 Å². The van der Waals surface area contributed by atoms with Crippen molar-refractivity contribution >= 4 is 17.0 Å². The number of benzene rings is 1. The molecule has 160 valence electrons. The number of likely N-dealkylation sites (tertiary alicyclic amines) is 1. The van der Waals surface area contributed by atoms with E-state index in [0.29, 0.717) is 31.6 Å². The molecule has 1 saturated heterocycles. The Morgan fingerprint density at radius 1 is 1.28 bits per heavy atom. The van der Waals surface area contributed by atoms with E-state index in [2.05, 4.69) is 23.7 Å². The van der Waals surface area contributed by atoms with E-state index < -0.39 is 0 Å². The van der Waals surface area contributed by atoms with Gasteiger partial charge in [0.25, 0.3) is 0 Å². The number of amides is 1. The Kier molecular flexibility index (Phi) is 7.39. The fourth-order valence-electron chi connectivity index (χ4n) is 3.65. The number of likely N-dealkylation sites (N-methyl/N-ethyl adjacent to an activating group) is 1. The lowest BCUT2D eigenvalue weighted by molar-refractivity contribution is 0.0844. The molecule has 1 aromatic heterocycles. The number of ether oxygens (including phenoxy) is 3. The number of piperidine rings is 1. The number of methoxy groups -OCH3 is 1. The third-order valence-electron chi connectivity index (χ3n) is 5.48. The van der Waals surface area contributed by atoms with Crippen LogP contribution >= 0.6 is 0 Å². The van der Waals surface area contributed by atoms with Gasteiger partial charge in [-0.05, 0) is 51.8 Å². The molecule has 0 radical (unpaired) electrons. The highest BCUT2D eigenvalue weighted by atomic mass is 16.6. The first kappa shape index (κ1) is 21.5. The molecule has 1 aliphatic rings. The standard InChI is InChI=1S/C22H33N3O4/c1-5-24(12-13-27-4)22(26)29-21-15-17-14-19(6-7-20(17)23-21)28-18-8-10-25(11-9-18)16(2)3/h6-7,14-16,18,23H,5,8-13H2,1-4H3. The van der Waals surface area contributed by atoms with Gasteiger partial charge in [0.05, 0.1) is 6.61 Å². The minimum atomic E-state index is -0.385. The van der Waals surface area contributed by atoms with E-state index in [-0.39, 0.29) is 12.2 Å². The van der Waals surface area contributed by atoms with Gasteiger partial charge < -0.3 is 29.0 Å². The van der Waals surface area contributed by atoms with Crippen LogP contribution in [0, 0.1) is 0 Å². The SMILES string of the molecule is CCN(CCOC)C(=O)Oc1cc2cc(OC3CCN(C(C)C)CC3)ccc2[nH]1. The second-order valence-corrected chi connectivity index (χ2v) is 7.77. The van der Waals surface area contributed by atoms with Crippen LogP contribution in [0.4, 0.5) is 4.79 Å². The maximum Gasteiger partial charge on any atom is 0.416 e. The molecule has 0 atom stereocenters. The number of fused-ring (bicyclic) bond motifs is 1. The van der Waals surface area contributed by atoms with Gasteiger partial charge in [-0.25, -0.2) is 4.79 Å². The number of aromatic nitrogens is 1. The summed E-state index contributed by atoms with van der Waals surface area (Å²) in [6.07, 6.45) is 1.95. The van der Waals surface area contributed by atoms with Gasteiger partial charge in [0.15, 0.2) is 0 Å². The maximum atomic E-state index is 12.3. The zero-order valence-corrected chi connectivity index (χ0v) is 17.9. The van der Waals surface area contributed by atoms with Crippen molar-refractivity contribution in [2.75, 3.05) is 39.9 Å². The van der Waals surface area contributed by atoms with Crippen molar-refractivity contribution in [3.05, 3.63) is 24.3 Å². The number of carbonyl (C=O) groups excluding carboxylic acids is 1. The summed E-state index contributed by atoms with van der Waals surface area (Å²) in [6.45, 7) is 10.1. The van der Waals surface area contributed by atoms with Gasteiger partial charge in [-0.1, -0.05) is 0 Å². The molecule has 0 spiro atoms. The lowest BCUT2D eigenvalue weighted by atomic mass is 10.1. The Bertz CT molecular complexity index is 796. The quantitative estimate of drug-likeness (QED) is 0.724. The third-order valence-corrected chi connectivity index (χ3v) is 5.48. The summed E-state index contributed by atoms with van der Waals surface area (Å²) in [4.78, 5) is 19.6. The molecule has 3 rings (SSSR count). The summed E-state index contributed by atoms with van der Waals surface area (Å²) >= 11 is 0. The van der Waals surface area contributed by atoms with Crippen molar-refractivity contribution < 1.29 is 19.0 Å². The summed E-state index contributed by atoms with van der Waals surface area (Å²) in [5, 5.41) is 0.963. The van der Waals surface area contributed by atoms with Crippen LogP contribution in [0.25, 0.3) is 10.9 Å². The maximum absolute atomic E-state index is 12.3. The smallest absolute Gasteiger partial charge is 0.416 e. The Morgan fingerprint density at radius 2 is 2.03 bits per heavy atom. The van der Waals surface area contributed by atoms with Crippen molar-refractivity contribution in [3.8, 4) is 11.6 Å². The van der Waals surface area contributed by atoms with Crippen molar-refractivity contribution in [2.24, 2.45) is 0 Å². The van der Waals surface area contributed by atoms with E-state index in [1.807, 2.05) is 31.2 Å². The third kappa shape index (κ3) is 5.64. The van der Waals surface area contributed by atoms with E-state index in [1.54, 1.807) is 12.0 Å². The molecule has 2 heterocycles. The number of rotatable bonds is 8. The van der Waals surface area contributed by atoms with Crippen LogP contribution in [-0.2, 0) is 4.74 Å². The fraction of sp³-hybridized carbons (Fsp3) is 0.591. The molecule has 1 fully saturated rings. The number of nitrogens with zero attached hydrogens (tertiary/aromatic N) is 2. The summed E-state index contributed by atoms with van der Waals surface area (Å²) < 4.78 is 16.8. The number of carbonyl (C=O) groups is 1. The lowest BCUT2D eigenvalue weighted by Gasteiger charge is -2.34. The van der Waals surface area contributed by atoms with E-state index in [9.17, 15) is 4.79 Å². The first-order valence-electron chi connectivity index (χ1n) is 10.5. The van der Waals surface area contributed by atoms with Crippen LogP contribution in [0.2, 0.25) is 0 Å². The number of aromatic amines is 1. The molecule has 1 aromatic carbocycles. The molecule has 0 saturated carbocycles. The average molecular weight is 404 g/mol. The van der Waals surface area contributed by atoms with Crippen molar-refractivity contribution in [3.63, 3.8) is 0 Å². The van der Waals surface area contributed by atoms with Gasteiger partial charge in [-0.15, -0.1) is 0 Å². The van der Waals surface area contributed by atoms with Gasteiger partial charge in [-0.2, -0.15) is 0 Å². The summed E-state index contributed by atoms with van der Waals surface area (Å²) in [6, 6.07) is 8.36. The number of nitrogens with one attached hydrogen (secondary N) is 1. The first-order chi connectivity index (χ1) is 14.0. The van der Waals surface area contributed by atoms with Gasteiger partial charge in [0.2, 0.25) is 5.88 Å². The molecule has 29 heavy (non-hydrogen) atoms. The zero-order chi connectivity index (χ0) is 20.8. The lowest BCUT2D eigenvalue weighted by Crippen LogP contribution is -2.41. The molecule has 0 aliphatic carbocycles. The van der Waals surface area contributed by atoms with Gasteiger partial charge in [0.1, 0.15) is 11.9 Å². The summed E-state index contributed by atoms with van der Waals surface area (Å²) in [5.74, 6) is 1.29. The fourth-order valence-corrected chi connectivity index (χ4v) is 3.65. The molecule has 7 nitrogen and oxygen atoms in total. The highest BCUT2D eigenvalue weighted by molar-refractivity contribution is 5.84. The Morgan fingerprint density at radius 3 is 2.69 bits per heavy atom. The van der Waals surface area contributed by atoms with Crippen molar-refractivity contribution in [1.82, 2.24) is 14.8 Å². The van der Waals surface area contributed by atoms with E-state index >= 15 is 0 Å². The van der Waals surface area contributed by atoms with E-state index in [0.717, 1.165) is 42.6 Å². The monoisotopic (exact) mass is 403 g/mol. The molecule has 1 aliphatic heterocycles. The number of hydrogen-bond donors (Lipinski definition) is 1. The highest BCUT2D eigenvalue weighted by Crippen LogP contribution is 2.27. The molecule has 7 heteroatoms. The molecule has 0 unspecified atom stereocenters. The van der Waals surface area contributed by atoms with Crippen LogP contribution in [0.15, 0.2) is 24.3 Å².